The molecule has 1 fully saturated rings. The molecule has 0 bridgehead atoms. The van der Waals surface area contributed by atoms with Crippen molar-refractivity contribution in [2.45, 2.75) is 19.4 Å². The second-order valence-corrected chi connectivity index (χ2v) is 6.28. The Morgan fingerprint density at radius 3 is 3.04 bits per heavy atom. The molecule has 1 aliphatic rings. The minimum atomic E-state index is 0.0908. The van der Waals surface area contributed by atoms with Gasteiger partial charge in [0.2, 0.25) is 5.91 Å². The van der Waals surface area contributed by atoms with Crippen LogP contribution in [0.1, 0.15) is 18.4 Å². The third kappa shape index (κ3) is 3.76. The minimum absolute atomic E-state index is 0.0908. The van der Waals surface area contributed by atoms with Crippen molar-refractivity contribution in [2.75, 3.05) is 27.2 Å². The van der Waals surface area contributed by atoms with E-state index in [1.165, 1.54) is 0 Å². The Morgan fingerprint density at radius 2 is 2.25 bits per heavy atom. The van der Waals surface area contributed by atoms with Gasteiger partial charge in [-0.1, -0.05) is 12.1 Å². The summed E-state index contributed by atoms with van der Waals surface area (Å²) in [6.45, 7) is 2.41. The summed E-state index contributed by atoms with van der Waals surface area (Å²) in [5.41, 5.74) is 1.85. The molecule has 0 radical (unpaired) electrons. The monoisotopic (exact) mass is 328 g/mol. The fraction of sp³-hybridized carbons (Fsp3) is 0.444. The second-order valence-electron chi connectivity index (χ2n) is 6.28. The Bertz CT molecular complexity index is 698. The van der Waals surface area contributed by atoms with Gasteiger partial charge in [-0.25, -0.2) is 4.68 Å². The summed E-state index contributed by atoms with van der Waals surface area (Å²) in [6, 6.07) is 7.72. The van der Waals surface area contributed by atoms with Crippen LogP contribution in [-0.4, -0.2) is 47.8 Å². The summed E-state index contributed by atoms with van der Waals surface area (Å²) >= 11 is 0. The molecule has 1 N–H and O–H groups in total. The first-order chi connectivity index (χ1) is 11.7. The molecule has 128 valence electrons. The van der Waals surface area contributed by atoms with Crippen molar-refractivity contribution in [2.24, 2.45) is 5.92 Å². The van der Waals surface area contributed by atoms with Gasteiger partial charge in [-0.15, -0.1) is 0 Å². The van der Waals surface area contributed by atoms with Crippen LogP contribution in [0.5, 0.6) is 5.75 Å². The summed E-state index contributed by atoms with van der Waals surface area (Å²) in [4.78, 5) is 14.5. The lowest BCUT2D eigenvalue weighted by molar-refractivity contribution is -0.126. The summed E-state index contributed by atoms with van der Waals surface area (Å²) in [5, 5.41) is 7.41. The molecule has 1 amide bonds. The number of benzene rings is 1. The molecule has 24 heavy (non-hydrogen) atoms. The van der Waals surface area contributed by atoms with Crippen molar-refractivity contribution in [3.8, 4) is 11.4 Å². The molecule has 0 saturated carbocycles. The number of carbonyl (C=O) groups is 1. The van der Waals surface area contributed by atoms with E-state index in [4.69, 9.17) is 4.74 Å². The van der Waals surface area contributed by atoms with E-state index in [9.17, 15) is 4.79 Å². The maximum atomic E-state index is 12.3. The van der Waals surface area contributed by atoms with E-state index in [-0.39, 0.29) is 11.8 Å². The van der Waals surface area contributed by atoms with Crippen LogP contribution in [0.3, 0.4) is 0 Å². The van der Waals surface area contributed by atoms with E-state index in [2.05, 4.69) is 22.4 Å². The average molecular weight is 328 g/mol. The van der Waals surface area contributed by atoms with Crippen molar-refractivity contribution in [1.82, 2.24) is 20.0 Å². The first-order valence-corrected chi connectivity index (χ1v) is 8.30. The standard InChI is InChI=1S/C18H24N4O2/c1-21-9-5-6-15(13-21)18(23)19-10-14-11-20-22(12-14)16-7-3-4-8-17(16)24-2/h3-4,7-8,11-12,15H,5-6,9-10,13H2,1-2H3,(H,19,23). The number of nitrogens with zero attached hydrogens (tertiary/aromatic N) is 3. The first-order valence-electron chi connectivity index (χ1n) is 8.30. The van der Waals surface area contributed by atoms with E-state index >= 15 is 0 Å². The van der Waals surface area contributed by atoms with Crippen LogP contribution in [0.4, 0.5) is 0 Å². The van der Waals surface area contributed by atoms with Gasteiger partial charge in [-0.3, -0.25) is 4.79 Å². The third-order valence-corrected chi connectivity index (χ3v) is 4.43. The highest BCUT2D eigenvalue weighted by atomic mass is 16.5. The molecule has 2 heterocycles. The number of carbonyl (C=O) groups excluding carboxylic acids is 1. The lowest BCUT2D eigenvalue weighted by Crippen LogP contribution is -2.41. The van der Waals surface area contributed by atoms with Crippen molar-refractivity contribution >= 4 is 5.91 Å². The largest absolute Gasteiger partial charge is 0.494 e. The van der Waals surface area contributed by atoms with Crippen LogP contribution in [0.2, 0.25) is 0 Å². The van der Waals surface area contributed by atoms with Crippen LogP contribution in [0.15, 0.2) is 36.7 Å². The number of methoxy groups -OCH3 is 1. The smallest absolute Gasteiger partial charge is 0.224 e. The number of ether oxygens (including phenoxy) is 1. The lowest BCUT2D eigenvalue weighted by atomic mass is 9.97. The van der Waals surface area contributed by atoms with Gasteiger partial charge in [0, 0.05) is 24.8 Å². The molecular formula is C18H24N4O2. The third-order valence-electron chi connectivity index (χ3n) is 4.43. The number of nitrogens with one attached hydrogen (secondary N) is 1. The van der Waals surface area contributed by atoms with Crippen LogP contribution in [0, 0.1) is 5.92 Å². The number of rotatable bonds is 5. The first kappa shape index (κ1) is 16.5. The number of likely N-dealkylation sites (tertiary alicyclic amines) is 1. The number of piperidine rings is 1. The van der Waals surface area contributed by atoms with Crippen LogP contribution >= 0.6 is 0 Å². The number of hydrogen-bond donors (Lipinski definition) is 1. The Hall–Kier alpha value is -2.34. The van der Waals surface area contributed by atoms with Gasteiger partial charge in [0.1, 0.15) is 11.4 Å². The Labute approximate surface area is 142 Å². The number of para-hydroxylation sites is 2. The summed E-state index contributed by atoms with van der Waals surface area (Å²) in [7, 11) is 3.71. The molecule has 2 aromatic rings. The maximum Gasteiger partial charge on any atom is 0.224 e. The quantitative estimate of drug-likeness (QED) is 0.910. The fourth-order valence-electron chi connectivity index (χ4n) is 3.12. The van der Waals surface area contributed by atoms with E-state index < -0.39 is 0 Å². The zero-order valence-electron chi connectivity index (χ0n) is 14.2. The van der Waals surface area contributed by atoms with E-state index in [1.54, 1.807) is 18.0 Å². The number of hydrogen-bond acceptors (Lipinski definition) is 4. The maximum absolute atomic E-state index is 12.3. The minimum Gasteiger partial charge on any atom is -0.494 e. The molecule has 1 aliphatic heterocycles. The molecule has 0 aliphatic carbocycles. The van der Waals surface area contributed by atoms with Gasteiger partial charge >= 0.3 is 0 Å². The lowest BCUT2D eigenvalue weighted by Gasteiger charge is -2.28. The molecular weight excluding hydrogens is 304 g/mol. The highest BCUT2D eigenvalue weighted by Crippen LogP contribution is 2.21. The van der Waals surface area contributed by atoms with Crippen LogP contribution < -0.4 is 10.1 Å². The Morgan fingerprint density at radius 1 is 1.42 bits per heavy atom. The SMILES string of the molecule is COc1ccccc1-n1cc(CNC(=O)C2CCCN(C)C2)cn1. The zero-order valence-corrected chi connectivity index (χ0v) is 14.2. The summed E-state index contributed by atoms with van der Waals surface area (Å²) in [5.74, 6) is 0.987. The molecule has 1 unspecified atom stereocenters. The predicted molar refractivity (Wildman–Crippen MR) is 92.2 cm³/mol. The molecule has 1 saturated heterocycles. The van der Waals surface area contributed by atoms with Gasteiger partial charge in [0.05, 0.1) is 19.2 Å². The van der Waals surface area contributed by atoms with Gasteiger partial charge in [0.15, 0.2) is 0 Å². The van der Waals surface area contributed by atoms with Gasteiger partial charge in [-0.2, -0.15) is 5.10 Å². The van der Waals surface area contributed by atoms with E-state index in [0.717, 1.165) is 42.9 Å². The topological polar surface area (TPSA) is 59.4 Å². The number of amides is 1. The van der Waals surface area contributed by atoms with Crippen LogP contribution in [-0.2, 0) is 11.3 Å². The predicted octanol–water partition coefficient (Wildman–Crippen LogP) is 1.84. The molecule has 1 aromatic heterocycles. The number of aromatic nitrogens is 2. The molecule has 0 spiro atoms. The van der Waals surface area contributed by atoms with Crippen molar-refractivity contribution in [1.29, 1.82) is 0 Å². The van der Waals surface area contributed by atoms with Crippen molar-refractivity contribution < 1.29 is 9.53 Å². The normalized spacial score (nSPS) is 18.3. The molecule has 3 rings (SSSR count). The average Bonchev–Trinajstić information content (AvgIpc) is 3.08. The van der Waals surface area contributed by atoms with Gasteiger partial charge in [-0.05, 0) is 38.6 Å². The highest BCUT2D eigenvalue weighted by molar-refractivity contribution is 5.78. The molecule has 6 nitrogen and oxygen atoms in total. The summed E-state index contributed by atoms with van der Waals surface area (Å²) in [6.07, 6.45) is 5.75. The van der Waals surface area contributed by atoms with Crippen molar-refractivity contribution in [3.05, 3.63) is 42.2 Å². The fourth-order valence-corrected chi connectivity index (χ4v) is 3.12. The zero-order chi connectivity index (χ0) is 16.9. The van der Waals surface area contributed by atoms with Gasteiger partial charge in [0.25, 0.3) is 0 Å². The molecule has 6 heteroatoms. The van der Waals surface area contributed by atoms with Crippen LogP contribution in [0.25, 0.3) is 5.69 Å². The van der Waals surface area contributed by atoms with Gasteiger partial charge < -0.3 is 15.0 Å². The Kier molecular flexibility index (Phi) is 5.15. The second kappa shape index (κ2) is 7.49. The summed E-state index contributed by atoms with van der Waals surface area (Å²) < 4.78 is 7.13. The highest BCUT2D eigenvalue weighted by Gasteiger charge is 2.23. The van der Waals surface area contributed by atoms with E-state index in [0.29, 0.717) is 6.54 Å². The molecule has 1 aromatic carbocycles. The Balaban J connectivity index is 1.61. The molecule has 1 atom stereocenters. The van der Waals surface area contributed by atoms with Crippen molar-refractivity contribution in [3.63, 3.8) is 0 Å². The van der Waals surface area contributed by atoms with E-state index in [1.807, 2.05) is 30.5 Å².